The Bertz CT molecular complexity index is 643. The zero-order chi connectivity index (χ0) is 19.8. The molecule has 1 heterocycles. The molecule has 1 unspecified atom stereocenters. The molecule has 0 spiro atoms. The Balaban J connectivity index is 2.09. The van der Waals surface area contributed by atoms with Crippen molar-refractivity contribution in [1.82, 2.24) is 10.2 Å². The highest BCUT2D eigenvalue weighted by Crippen LogP contribution is 2.20. The summed E-state index contributed by atoms with van der Waals surface area (Å²) in [6.45, 7) is 9.18. The predicted octanol–water partition coefficient (Wildman–Crippen LogP) is 2.65. The Morgan fingerprint density at radius 2 is 1.89 bits per heavy atom. The van der Waals surface area contributed by atoms with Crippen LogP contribution < -0.4 is 10.6 Å². The second kappa shape index (κ2) is 10.4. The first-order valence-electron chi connectivity index (χ1n) is 9.63. The third-order valence-corrected chi connectivity index (χ3v) is 5.11. The number of carbonyl (C=O) groups is 2. The molecule has 1 aliphatic rings. The molecule has 1 fully saturated rings. The standard InChI is InChI=1S/C20H30FN3O3/c1-4-15(5-2)19(24-8-10-27-11-9-24)13-22-20(26)17-12-16(23-14(3)25)6-7-18(17)21/h6-7,12,15,19H,4-5,8-11,13H2,1-3H3,(H,22,26)(H,23,25). The molecule has 150 valence electrons. The van der Waals surface area contributed by atoms with Crippen LogP contribution in [0.15, 0.2) is 18.2 Å². The van der Waals surface area contributed by atoms with E-state index in [4.69, 9.17) is 4.74 Å². The fourth-order valence-corrected chi connectivity index (χ4v) is 3.61. The molecular weight excluding hydrogens is 349 g/mol. The molecule has 27 heavy (non-hydrogen) atoms. The summed E-state index contributed by atoms with van der Waals surface area (Å²) < 4.78 is 19.6. The van der Waals surface area contributed by atoms with Gasteiger partial charge in [-0.25, -0.2) is 4.39 Å². The zero-order valence-corrected chi connectivity index (χ0v) is 16.4. The summed E-state index contributed by atoms with van der Waals surface area (Å²) in [6.07, 6.45) is 2.03. The zero-order valence-electron chi connectivity index (χ0n) is 16.4. The second-order valence-corrected chi connectivity index (χ2v) is 6.88. The highest BCUT2D eigenvalue weighted by atomic mass is 19.1. The van der Waals surface area contributed by atoms with Crippen molar-refractivity contribution in [1.29, 1.82) is 0 Å². The molecule has 1 aromatic carbocycles. The van der Waals surface area contributed by atoms with Crippen LogP contribution in [0.3, 0.4) is 0 Å². The van der Waals surface area contributed by atoms with Crippen LogP contribution in [-0.2, 0) is 9.53 Å². The number of benzene rings is 1. The summed E-state index contributed by atoms with van der Waals surface area (Å²) in [5.41, 5.74) is 0.338. The topological polar surface area (TPSA) is 70.7 Å². The first-order chi connectivity index (χ1) is 13.0. The number of hydrogen-bond acceptors (Lipinski definition) is 4. The Labute approximate surface area is 160 Å². The fraction of sp³-hybridized carbons (Fsp3) is 0.600. The van der Waals surface area contributed by atoms with Crippen molar-refractivity contribution >= 4 is 17.5 Å². The van der Waals surface area contributed by atoms with E-state index in [0.29, 0.717) is 31.4 Å². The number of amides is 2. The lowest BCUT2D eigenvalue weighted by atomic mass is 9.92. The number of carbonyl (C=O) groups excluding carboxylic acids is 2. The number of halogens is 1. The SMILES string of the molecule is CCC(CC)C(CNC(=O)c1cc(NC(C)=O)ccc1F)N1CCOCC1. The van der Waals surface area contributed by atoms with Gasteiger partial charge in [-0.2, -0.15) is 0 Å². The lowest BCUT2D eigenvalue weighted by molar-refractivity contribution is -0.114. The van der Waals surface area contributed by atoms with Gasteiger partial charge in [0.1, 0.15) is 5.82 Å². The molecule has 2 amide bonds. The molecule has 1 saturated heterocycles. The van der Waals surface area contributed by atoms with Crippen molar-refractivity contribution in [3.05, 3.63) is 29.6 Å². The van der Waals surface area contributed by atoms with E-state index < -0.39 is 11.7 Å². The Morgan fingerprint density at radius 3 is 2.48 bits per heavy atom. The predicted molar refractivity (Wildman–Crippen MR) is 103 cm³/mol. The van der Waals surface area contributed by atoms with E-state index in [-0.39, 0.29) is 17.5 Å². The monoisotopic (exact) mass is 379 g/mol. The van der Waals surface area contributed by atoms with Gasteiger partial charge in [0.05, 0.1) is 18.8 Å². The summed E-state index contributed by atoms with van der Waals surface area (Å²) in [5, 5.41) is 5.47. The number of morpholine rings is 1. The van der Waals surface area contributed by atoms with Gasteiger partial charge in [-0.1, -0.05) is 26.7 Å². The van der Waals surface area contributed by atoms with E-state index in [1.807, 2.05) is 0 Å². The molecule has 6 nitrogen and oxygen atoms in total. The summed E-state index contributed by atoms with van der Waals surface area (Å²) in [6, 6.07) is 4.19. The molecule has 0 saturated carbocycles. The van der Waals surface area contributed by atoms with Gasteiger partial charge in [-0.05, 0) is 24.1 Å². The van der Waals surface area contributed by atoms with E-state index in [0.717, 1.165) is 25.9 Å². The maximum absolute atomic E-state index is 14.1. The fourth-order valence-electron chi connectivity index (χ4n) is 3.61. The Hall–Kier alpha value is -1.99. The average Bonchev–Trinajstić information content (AvgIpc) is 2.66. The van der Waals surface area contributed by atoms with Gasteiger partial charge in [-0.15, -0.1) is 0 Å². The molecule has 2 rings (SSSR count). The Morgan fingerprint density at radius 1 is 1.22 bits per heavy atom. The largest absolute Gasteiger partial charge is 0.379 e. The van der Waals surface area contributed by atoms with Crippen molar-refractivity contribution < 1.29 is 18.7 Å². The maximum Gasteiger partial charge on any atom is 0.254 e. The molecule has 1 aliphatic heterocycles. The summed E-state index contributed by atoms with van der Waals surface area (Å²) in [7, 11) is 0. The van der Waals surface area contributed by atoms with Gasteiger partial charge >= 0.3 is 0 Å². The quantitative estimate of drug-likeness (QED) is 0.729. The van der Waals surface area contributed by atoms with Crippen molar-refractivity contribution in [2.24, 2.45) is 5.92 Å². The number of nitrogens with zero attached hydrogens (tertiary/aromatic N) is 1. The van der Waals surface area contributed by atoms with Crippen LogP contribution in [0, 0.1) is 11.7 Å². The number of ether oxygens (including phenoxy) is 1. The lowest BCUT2D eigenvalue weighted by Crippen LogP contribution is -2.52. The third kappa shape index (κ3) is 6.01. The van der Waals surface area contributed by atoms with E-state index in [1.165, 1.54) is 25.1 Å². The smallest absolute Gasteiger partial charge is 0.254 e. The molecule has 0 aromatic heterocycles. The van der Waals surface area contributed by atoms with Gasteiger partial charge in [0.25, 0.3) is 5.91 Å². The summed E-state index contributed by atoms with van der Waals surface area (Å²) in [5.74, 6) is -0.899. The maximum atomic E-state index is 14.1. The molecule has 1 aromatic rings. The van der Waals surface area contributed by atoms with Crippen LogP contribution in [-0.4, -0.2) is 55.6 Å². The highest BCUT2D eigenvalue weighted by molar-refractivity contribution is 5.97. The first-order valence-corrected chi connectivity index (χ1v) is 9.63. The normalized spacial score (nSPS) is 16.2. The van der Waals surface area contributed by atoms with E-state index in [2.05, 4.69) is 29.4 Å². The highest BCUT2D eigenvalue weighted by Gasteiger charge is 2.27. The first kappa shape index (κ1) is 21.3. The minimum atomic E-state index is -0.605. The van der Waals surface area contributed by atoms with Crippen LogP contribution >= 0.6 is 0 Å². The van der Waals surface area contributed by atoms with Crippen molar-refractivity contribution in [3.8, 4) is 0 Å². The van der Waals surface area contributed by atoms with Crippen LogP contribution in [0.1, 0.15) is 44.0 Å². The van der Waals surface area contributed by atoms with Gasteiger partial charge in [0, 0.05) is 38.3 Å². The van der Waals surface area contributed by atoms with Crippen molar-refractivity contribution in [2.45, 2.75) is 39.7 Å². The number of anilines is 1. The van der Waals surface area contributed by atoms with Gasteiger partial charge in [0.2, 0.25) is 5.91 Å². The average molecular weight is 379 g/mol. The number of rotatable bonds is 8. The minimum absolute atomic E-state index is 0.0634. The van der Waals surface area contributed by atoms with Gasteiger partial charge < -0.3 is 15.4 Å². The van der Waals surface area contributed by atoms with Crippen molar-refractivity contribution in [3.63, 3.8) is 0 Å². The number of hydrogen-bond donors (Lipinski definition) is 2. The molecule has 0 radical (unpaired) electrons. The second-order valence-electron chi connectivity index (χ2n) is 6.88. The lowest BCUT2D eigenvalue weighted by Gasteiger charge is -2.38. The van der Waals surface area contributed by atoms with Crippen LogP contribution in [0.2, 0.25) is 0 Å². The molecule has 2 N–H and O–H groups in total. The van der Waals surface area contributed by atoms with E-state index >= 15 is 0 Å². The minimum Gasteiger partial charge on any atom is -0.379 e. The van der Waals surface area contributed by atoms with Gasteiger partial charge in [-0.3, -0.25) is 14.5 Å². The van der Waals surface area contributed by atoms with E-state index in [9.17, 15) is 14.0 Å². The molecule has 1 atom stereocenters. The summed E-state index contributed by atoms with van der Waals surface area (Å²) >= 11 is 0. The third-order valence-electron chi connectivity index (χ3n) is 5.11. The van der Waals surface area contributed by atoms with Gasteiger partial charge in [0.15, 0.2) is 0 Å². The molecular formula is C20H30FN3O3. The Kier molecular flexibility index (Phi) is 8.19. The molecule has 0 aliphatic carbocycles. The number of nitrogens with one attached hydrogen (secondary N) is 2. The molecule has 0 bridgehead atoms. The van der Waals surface area contributed by atoms with Crippen LogP contribution in [0.25, 0.3) is 0 Å². The summed E-state index contributed by atoms with van der Waals surface area (Å²) in [4.78, 5) is 26.1. The van der Waals surface area contributed by atoms with E-state index in [1.54, 1.807) is 0 Å². The molecule has 7 heteroatoms. The van der Waals surface area contributed by atoms with Crippen molar-refractivity contribution in [2.75, 3.05) is 38.2 Å². The van der Waals surface area contributed by atoms with Crippen LogP contribution in [0.4, 0.5) is 10.1 Å². The van der Waals surface area contributed by atoms with Crippen LogP contribution in [0.5, 0.6) is 0 Å².